The number of hydrogen-bond acceptors (Lipinski definition) is 4. The third-order valence-corrected chi connectivity index (χ3v) is 5.12. The van der Waals surface area contributed by atoms with Crippen LogP contribution in [-0.2, 0) is 6.54 Å². The van der Waals surface area contributed by atoms with Crippen LogP contribution in [-0.4, -0.2) is 29.6 Å². The van der Waals surface area contributed by atoms with E-state index >= 15 is 0 Å². The Morgan fingerprint density at radius 2 is 2.21 bits per heavy atom. The Balaban J connectivity index is 1.97. The molecular formula is C15H24N2OS. The largest absolute Gasteiger partial charge is 0.496 e. The molecule has 2 rings (SSSR count). The van der Waals surface area contributed by atoms with Gasteiger partial charge in [0.05, 0.1) is 12.8 Å². The van der Waals surface area contributed by atoms with Gasteiger partial charge in [0.2, 0.25) is 0 Å². The lowest BCUT2D eigenvalue weighted by molar-refractivity contribution is 0.406. The van der Waals surface area contributed by atoms with Crippen molar-refractivity contribution in [2.45, 2.75) is 50.9 Å². The molecule has 0 aromatic carbocycles. The van der Waals surface area contributed by atoms with Crippen molar-refractivity contribution in [3.05, 3.63) is 23.0 Å². The first-order chi connectivity index (χ1) is 9.15. The Kier molecular flexibility index (Phi) is 5.11. The second-order valence-corrected chi connectivity index (χ2v) is 6.43. The Bertz CT molecular complexity index is 436. The lowest BCUT2D eigenvalue weighted by Crippen LogP contribution is -2.27. The van der Waals surface area contributed by atoms with Crippen molar-refractivity contribution in [2.24, 2.45) is 0 Å². The smallest absolute Gasteiger partial charge is 0.128 e. The Morgan fingerprint density at radius 3 is 2.84 bits per heavy atom. The van der Waals surface area contributed by atoms with Gasteiger partial charge in [0, 0.05) is 35.2 Å². The number of nitrogens with zero attached hydrogens (tertiary/aromatic N) is 1. The molecule has 1 N–H and O–H groups in total. The van der Waals surface area contributed by atoms with Gasteiger partial charge in [-0.1, -0.05) is 0 Å². The Hall–Kier alpha value is -0.740. The van der Waals surface area contributed by atoms with Crippen molar-refractivity contribution < 1.29 is 4.74 Å². The standard InChI is InChI=1S/C15H24N2OS/c1-10-8-17-14(11(2)15(10)18-3)9-16-12-5-6-13(7-12)19-4/h8,12-13,16H,5-7,9H2,1-4H3. The maximum Gasteiger partial charge on any atom is 0.128 e. The van der Waals surface area contributed by atoms with Crippen molar-refractivity contribution >= 4 is 11.8 Å². The van der Waals surface area contributed by atoms with Crippen LogP contribution < -0.4 is 10.1 Å². The lowest BCUT2D eigenvalue weighted by Gasteiger charge is -2.16. The van der Waals surface area contributed by atoms with Crippen molar-refractivity contribution in [3.63, 3.8) is 0 Å². The average molecular weight is 280 g/mol. The fraction of sp³-hybridized carbons (Fsp3) is 0.667. The molecule has 0 bridgehead atoms. The summed E-state index contributed by atoms with van der Waals surface area (Å²) in [4.78, 5) is 4.54. The Morgan fingerprint density at radius 1 is 1.42 bits per heavy atom. The monoisotopic (exact) mass is 280 g/mol. The number of rotatable bonds is 5. The number of thioether (sulfide) groups is 1. The summed E-state index contributed by atoms with van der Waals surface area (Å²) in [5, 5.41) is 4.47. The summed E-state index contributed by atoms with van der Waals surface area (Å²) >= 11 is 1.99. The predicted molar refractivity (Wildman–Crippen MR) is 82.0 cm³/mol. The second-order valence-electron chi connectivity index (χ2n) is 5.29. The summed E-state index contributed by atoms with van der Waals surface area (Å²) in [6, 6.07) is 0.644. The molecule has 2 atom stereocenters. The van der Waals surface area contributed by atoms with E-state index in [0.29, 0.717) is 6.04 Å². The molecule has 3 nitrogen and oxygen atoms in total. The summed E-state index contributed by atoms with van der Waals surface area (Å²) in [6.45, 7) is 4.97. The third-order valence-electron chi connectivity index (χ3n) is 4.03. The van der Waals surface area contributed by atoms with Crippen molar-refractivity contribution in [2.75, 3.05) is 13.4 Å². The number of nitrogens with one attached hydrogen (secondary N) is 1. The number of ether oxygens (including phenoxy) is 1. The molecule has 0 aliphatic heterocycles. The van der Waals surface area contributed by atoms with Crippen LogP contribution in [0.3, 0.4) is 0 Å². The van der Waals surface area contributed by atoms with E-state index < -0.39 is 0 Å². The van der Waals surface area contributed by atoms with Gasteiger partial charge < -0.3 is 10.1 Å². The molecule has 4 heteroatoms. The molecule has 0 radical (unpaired) electrons. The SMILES string of the molecule is COc1c(C)cnc(CNC2CCC(SC)C2)c1C. The maximum absolute atomic E-state index is 5.45. The van der Waals surface area contributed by atoms with Crippen LogP contribution in [0, 0.1) is 13.8 Å². The van der Waals surface area contributed by atoms with Crippen molar-refractivity contribution in [3.8, 4) is 5.75 Å². The molecule has 2 unspecified atom stereocenters. The van der Waals surface area contributed by atoms with E-state index in [2.05, 4.69) is 23.5 Å². The van der Waals surface area contributed by atoms with Crippen LogP contribution in [0.2, 0.25) is 0 Å². The fourth-order valence-electron chi connectivity index (χ4n) is 2.83. The molecule has 1 saturated carbocycles. The molecule has 1 fully saturated rings. The molecule has 0 amide bonds. The van der Waals surface area contributed by atoms with Gasteiger partial charge in [0.1, 0.15) is 5.75 Å². The van der Waals surface area contributed by atoms with Gasteiger partial charge >= 0.3 is 0 Å². The molecule has 1 aromatic heterocycles. The molecule has 0 saturated heterocycles. The quantitative estimate of drug-likeness (QED) is 0.899. The average Bonchev–Trinajstić information content (AvgIpc) is 2.86. The number of hydrogen-bond donors (Lipinski definition) is 1. The van der Waals surface area contributed by atoms with Gasteiger partial charge in [0.25, 0.3) is 0 Å². The topological polar surface area (TPSA) is 34.1 Å². The molecule has 1 aliphatic carbocycles. The highest BCUT2D eigenvalue weighted by atomic mass is 32.2. The number of methoxy groups -OCH3 is 1. The van der Waals surface area contributed by atoms with Crippen LogP contribution >= 0.6 is 11.8 Å². The maximum atomic E-state index is 5.45. The zero-order chi connectivity index (χ0) is 13.8. The molecule has 1 aliphatic rings. The first kappa shape index (κ1) is 14.7. The summed E-state index contributed by atoms with van der Waals surface area (Å²) in [6.07, 6.45) is 8.02. The molecule has 0 spiro atoms. The van der Waals surface area contributed by atoms with Gasteiger partial charge in [-0.2, -0.15) is 11.8 Å². The number of aromatic nitrogens is 1. The van der Waals surface area contributed by atoms with E-state index in [0.717, 1.165) is 34.4 Å². The van der Waals surface area contributed by atoms with Crippen LogP contribution in [0.15, 0.2) is 6.20 Å². The van der Waals surface area contributed by atoms with E-state index in [1.54, 1.807) is 7.11 Å². The van der Waals surface area contributed by atoms with Crippen molar-refractivity contribution in [1.82, 2.24) is 10.3 Å². The first-order valence-electron chi connectivity index (χ1n) is 6.91. The minimum atomic E-state index is 0.644. The highest BCUT2D eigenvalue weighted by Crippen LogP contribution is 2.29. The highest BCUT2D eigenvalue weighted by Gasteiger charge is 2.23. The summed E-state index contributed by atoms with van der Waals surface area (Å²) in [7, 11) is 1.73. The summed E-state index contributed by atoms with van der Waals surface area (Å²) < 4.78 is 5.45. The normalized spacial score (nSPS) is 22.7. The third kappa shape index (κ3) is 3.42. The zero-order valence-corrected chi connectivity index (χ0v) is 13.1. The van der Waals surface area contributed by atoms with Gasteiger partial charge in [-0.3, -0.25) is 4.98 Å². The summed E-state index contributed by atoms with van der Waals surface area (Å²) in [5.74, 6) is 0.972. The van der Waals surface area contributed by atoms with Crippen LogP contribution in [0.1, 0.15) is 36.1 Å². The Labute approximate surface area is 120 Å². The van der Waals surface area contributed by atoms with Crippen molar-refractivity contribution in [1.29, 1.82) is 0 Å². The number of aryl methyl sites for hydroxylation is 1. The minimum absolute atomic E-state index is 0.644. The van der Waals surface area contributed by atoms with Crippen LogP contribution in [0.4, 0.5) is 0 Å². The molecular weight excluding hydrogens is 256 g/mol. The van der Waals surface area contributed by atoms with E-state index in [-0.39, 0.29) is 0 Å². The van der Waals surface area contributed by atoms with Gasteiger partial charge in [-0.05, 0) is 39.4 Å². The highest BCUT2D eigenvalue weighted by molar-refractivity contribution is 7.99. The lowest BCUT2D eigenvalue weighted by atomic mass is 10.1. The van der Waals surface area contributed by atoms with Crippen LogP contribution in [0.5, 0.6) is 5.75 Å². The molecule has 106 valence electrons. The fourth-order valence-corrected chi connectivity index (χ4v) is 3.63. The predicted octanol–water partition coefficient (Wildman–Crippen LogP) is 3.08. The second kappa shape index (κ2) is 6.62. The van der Waals surface area contributed by atoms with E-state index in [1.165, 1.54) is 19.3 Å². The van der Waals surface area contributed by atoms with E-state index in [1.807, 2.05) is 24.9 Å². The molecule has 1 aromatic rings. The minimum Gasteiger partial charge on any atom is -0.496 e. The molecule has 19 heavy (non-hydrogen) atoms. The zero-order valence-electron chi connectivity index (χ0n) is 12.3. The van der Waals surface area contributed by atoms with E-state index in [4.69, 9.17) is 4.74 Å². The summed E-state index contributed by atoms with van der Waals surface area (Å²) in [5.41, 5.74) is 3.37. The van der Waals surface area contributed by atoms with E-state index in [9.17, 15) is 0 Å². The van der Waals surface area contributed by atoms with Crippen LogP contribution in [0.25, 0.3) is 0 Å². The first-order valence-corrected chi connectivity index (χ1v) is 8.19. The number of pyridine rings is 1. The van der Waals surface area contributed by atoms with Gasteiger partial charge in [-0.25, -0.2) is 0 Å². The van der Waals surface area contributed by atoms with Gasteiger partial charge in [0.15, 0.2) is 0 Å². The van der Waals surface area contributed by atoms with Gasteiger partial charge in [-0.15, -0.1) is 0 Å². The molecule has 1 heterocycles.